The van der Waals surface area contributed by atoms with Gasteiger partial charge in [0.15, 0.2) is 6.54 Å². The maximum Gasteiger partial charge on any atom is 0.316 e. The smallest absolute Gasteiger partial charge is 0.316 e. The third kappa shape index (κ3) is 2.14. The van der Waals surface area contributed by atoms with Crippen molar-refractivity contribution in [1.82, 2.24) is 0 Å². The summed E-state index contributed by atoms with van der Waals surface area (Å²) in [7, 11) is 0. The van der Waals surface area contributed by atoms with Gasteiger partial charge in [0.05, 0.1) is 6.54 Å². The average molecular weight is 332 g/mol. The lowest BCUT2D eigenvalue weighted by Crippen LogP contribution is -2.41. The van der Waals surface area contributed by atoms with Crippen LogP contribution in [0.3, 0.4) is 0 Å². The first-order chi connectivity index (χ1) is 10.7. The maximum absolute atomic E-state index is 11.4. The summed E-state index contributed by atoms with van der Waals surface area (Å²) in [6.45, 7) is 1.38. The highest BCUT2D eigenvalue weighted by molar-refractivity contribution is 8.14. The Morgan fingerprint density at radius 1 is 1.09 bits per heavy atom. The molecular formula is C17H16ClN2OS+. The van der Waals surface area contributed by atoms with Crippen LogP contribution >= 0.6 is 23.4 Å². The monoisotopic (exact) mass is 331 g/mol. The first-order valence-electron chi connectivity index (χ1n) is 7.27. The normalized spacial score (nSPS) is 24.0. The lowest BCUT2D eigenvalue weighted by molar-refractivity contribution is -0.650. The van der Waals surface area contributed by atoms with Gasteiger partial charge >= 0.3 is 5.17 Å². The SMILES string of the molecule is O[C@@]1(c2ccc(Cl)cc2)CN(c2ccccc2)C2=[N+]1CCS2. The van der Waals surface area contributed by atoms with E-state index in [0.29, 0.717) is 11.6 Å². The molecule has 22 heavy (non-hydrogen) atoms. The zero-order valence-electron chi connectivity index (χ0n) is 11.9. The second kappa shape index (κ2) is 5.30. The van der Waals surface area contributed by atoms with Crippen molar-refractivity contribution in [2.45, 2.75) is 5.72 Å². The quantitative estimate of drug-likeness (QED) is 0.856. The molecule has 0 amide bonds. The molecule has 2 heterocycles. The topological polar surface area (TPSA) is 26.5 Å². The van der Waals surface area contributed by atoms with Crippen LogP contribution in [0.4, 0.5) is 5.69 Å². The molecule has 2 aliphatic heterocycles. The molecule has 2 aliphatic rings. The minimum absolute atomic E-state index is 0.529. The van der Waals surface area contributed by atoms with E-state index >= 15 is 0 Å². The molecule has 0 radical (unpaired) electrons. The highest BCUT2D eigenvalue weighted by Crippen LogP contribution is 2.38. The van der Waals surface area contributed by atoms with E-state index in [4.69, 9.17) is 11.6 Å². The number of β-amino-alcohol motifs (C(OH)–C–C–N with tert-alkyl or cyclic N) is 1. The van der Waals surface area contributed by atoms with Gasteiger partial charge < -0.3 is 5.11 Å². The highest BCUT2D eigenvalue weighted by Gasteiger charge is 2.54. The van der Waals surface area contributed by atoms with Crippen molar-refractivity contribution in [2.24, 2.45) is 0 Å². The van der Waals surface area contributed by atoms with Crippen molar-refractivity contribution in [2.75, 3.05) is 23.7 Å². The summed E-state index contributed by atoms with van der Waals surface area (Å²) in [6.07, 6.45) is 0. The number of hydrogen-bond acceptors (Lipinski definition) is 3. The van der Waals surface area contributed by atoms with Gasteiger partial charge in [-0.25, -0.2) is 9.48 Å². The molecule has 0 fully saturated rings. The van der Waals surface area contributed by atoms with Crippen LogP contribution in [-0.2, 0) is 5.72 Å². The third-order valence-electron chi connectivity index (χ3n) is 4.21. The summed E-state index contributed by atoms with van der Waals surface area (Å²) in [6, 6.07) is 17.7. The number of anilines is 1. The first kappa shape index (κ1) is 14.1. The largest absolute Gasteiger partial charge is 0.346 e. The van der Waals surface area contributed by atoms with Crippen LogP contribution in [0.2, 0.25) is 5.02 Å². The van der Waals surface area contributed by atoms with Crippen LogP contribution in [0.1, 0.15) is 5.56 Å². The van der Waals surface area contributed by atoms with Gasteiger partial charge in [0.2, 0.25) is 0 Å². The van der Waals surface area contributed by atoms with E-state index in [1.807, 2.05) is 42.5 Å². The molecule has 4 rings (SSSR count). The molecule has 0 unspecified atom stereocenters. The predicted molar refractivity (Wildman–Crippen MR) is 91.7 cm³/mol. The van der Waals surface area contributed by atoms with Gasteiger partial charge in [0.1, 0.15) is 5.69 Å². The first-order valence-corrected chi connectivity index (χ1v) is 8.63. The standard InChI is InChI=1S/C17H16ClN2OS/c18-14-8-6-13(7-9-14)17(21)12-19(15-4-2-1-3-5-15)16-20(17)10-11-22-16/h1-9,21H,10-12H2/q+1/t17-/m1/s1. The number of hydrogen-bond donors (Lipinski definition) is 1. The fourth-order valence-electron chi connectivity index (χ4n) is 3.12. The molecule has 1 N–H and O–H groups in total. The zero-order chi connectivity index (χ0) is 15.2. The van der Waals surface area contributed by atoms with Gasteiger partial charge in [-0.1, -0.05) is 41.9 Å². The fourth-order valence-corrected chi connectivity index (χ4v) is 4.42. The Balaban J connectivity index is 1.78. The van der Waals surface area contributed by atoms with Crippen LogP contribution in [0.15, 0.2) is 54.6 Å². The predicted octanol–water partition coefficient (Wildman–Crippen LogP) is 3.12. The van der Waals surface area contributed by atoms with Gasteiger partial charge in [0, 0.05) is 16.3 Å². The van der Waals surface area contributed by atoms with Crippen molar-refractivity contribution >= 4 is 34.2 Å². The number of para-hydroxylation sites is 1. The number of rotatable bonds is 2. The molecule has 3 nitrogen and oxygen atoms in total. The minimum Gasteiger partial charge on any atom is -0.346 e. The molecule has 1 atom stereocenters. The number of aliphatic hydroxyl groups is 1. The second-order valence-electron chi connectivity index (χ2n) is 5.53. The molecular weight excluding hydrogens is 316 g/mol. The molecule has 0 saturated heterocycles. The summed E-state index contributed by atoms with van der Waals surface area (Å²) < 4.78 is 2.11. The number of benzene rings is 2. The van der Waals surface area contributed by atoms with E-state index in [-0.39, 0.29) is 0 Å². The van der Waals surface area contributed by atoms with Crippen molar-refractivity contribution in [1.29, 1.82) is 0 Å². The molecule has 0 aromatic heterocycles. The number of amidine groups is 1. The van der Waals surface area contributed by atoms with Crippen molar-refractivity contribution in [3.8, 4) is 0 Å². The van der Waals surface area contributed by atoms with Crippen LogP contribution in [0, 0.1) is 0 Å². The third-order valence-corrected chi connectivity index (χ3v) is 5.55. The molecule has 2 aromatic rings. The summed E-state index contributed by atoms with van der Waals surface area (Å²) in [5.41, 5.74) is 0.997. The Bertz CT molecular complexity index is 732. The van der Waals surface area contributed by atoms with Crippen LogP contribution in [0.5, 0.6) is 0 Å². The lowest BCUT2D eigenvalue weighted by Gasteiger charge is -2.23. The van der Waals surface area contributed by atoms with E-state index in [2.05, 4.69) is 21.6 Å². The number of nitrogens with zero attached hydrogens (tertiary/aromatic N) is 2. The lowest BCUT2D eigenvalue weighted by atomic mass is 10.0. The molecule has 5 heteroatoms. The summed E-state index contributed by atoms with van der Waals surface area (Å²) in [5, 5.41) is 13.2. The maximum atomic E-state index is 11.4. The van der Waals surface area contributed by atoms with Crippen LogP contribution in [-0.4, -0.2) is 33.7 Å². The Hall–Kier alpha value is -1.49. The average Bonchev–Trinajstić information content (AvgIpc) is 3.13. The van der Waals surface area contributed by atoms with Crippen LogP contribution in [0.25, 0.3) is 0 Å². The Morgan fingerprint density at radius 2 is 1.82 bits per heavy atom. The number of thioether (sulfide) groups is 1. The molecule has 0 spiro atoms. The van der Waals surface area contributed by atoms with Crippen LogP contribution < -0.4 is 4.90 Å². The second-order valence-corrected chi connectivity index (χ2v) is 7.03. The summed E-state index contributed by atoms with van der Waals surface area (Å²) >= 11 is 7.78. The van der Waals surface area contributed by atoms with Crippen molar-refractivity contribution < 1.29 is 9.68 Å². The van der Waals surface area contributed by atoms with E-state index in [1.165, 1.54) is 0 Å². The highest BCUT2D eigenvalue weighted by atomic mass is 35.5. The van der Waals surface area contributed by atoms with Crippen molar-refractivity contribution in [3.05, 3.63) is 65.2 Å². The van der Waals surface area contributed by atoms with E-state index < -0.39 is 5.72 Å². The van der Waals surface area contributed by atoms with Gasteiger partial charge in [0.25, 0.3) is 5.72 Å². The molecule has 2 aromatic carbocycles. The van der Waals surface area contributed by atoms with E-state index in [1.54, 1.807) is 11.8 Å². The van der Waals surface area contributed by atoms with Gasteiger partial charge in [-0.15, -0.1) is 0 Å². The Labute approximate surface area is 138 Å². The van der Waals surface area contributed by atoms with E-state index in [9.17, 15) is 5.11 Å². The number of halogens is 1. The zero-order valence-corrected chi connectivity index (χ0v) is 13.5. The molecule has 0 aliphatic carbocycles. The molecule has 112 valence electrons. The Kier molecular flexibility index (Phi) is 3.40. The molecule has 0 saturated carbocycles. The Morgan fingerprint density at radius 3 is 2.55 bits per heavy atom. The van der Waals surface area contributed by atoms with Gasteiger partial charge in [-0.2, -0.15) is 0 Å². The minimum atomic E-state index is -1.00. The fraction of sp³-hybridized carbons (Fsp3) is 0.235. The summed E-state index contributed by atoms with van der Waals surface area (Å²) in [4.78, 5) is 2.20. The van der Waals surface area contributed by atoms with Gasteiger partial charge in [-0.05, 0) is 36.0 Å². The van der Waals surface area contributed by atoms with E-state index in [0.717, 1.165) is 28.7 Å². The molecule has 0 bridgehead atoms. The van der Waals surface area contributed by atoms with Gasteiger partial charge in [-0.3, -0.25) is 0 Å². The van der Waals surface area contributed by atoms with Crippen molar-refractivity contribution in [3.63, 3.8) is 0 Å². The summed E-state index contributed by atoms with van der Waals surface area (Å²) in [5.74, 6) is 0.995.